The van der Waals surface area contributed by atoms with Gasteiger partial charge in [0.15, 0.2) is 0 Å². The largest absolute Gasteiger partial charge is 0.388 e. The van der Waals surface area contributed by atoms with Crippen LogP contribution in [0.2, 0.25) is 0 Å². The third kappa shape index (κ3) is 3.97. The van der Waals surface area contributed by atoms with E-state index in [0.29, 0.717) is 13.1 Å². The van der Waals surface area contributed by atoms with E-state index < -0.39 is 5.60 Å². The van der Waals surface area contributed by atoms with Gasteiger partial charge in [0.25, 0.3) is 0 Å². The van der Waals surface area contributed by atoms with Crippen LogP contribution in [0, 0.1) is 0 Å². The van der Waals surface area contributed by atoms with Crippen LogP contribution in [0.3, 0.4) is 0 Å². The number of amides is 2. The Hall–Kier alpha value is -1.56. The number of aryl methyl sites for hydroxylation is 2. The summed E-state index contributed by atoms with van der Waals surface area (Å²) in [6, 6.07) is -0.263. The molecule has 0 atom stereocenters. The van der Waals surface area contributed by atoms with Crippen molar-refractivity contribution in [1.82, 2.24) is 15.8 Å². The number of carbonyl (C=O) groups is 1. The maximum atomic E-state index is 11.9. The maximum Gasteiger partial charge on any atom is 0.315 e. The van der Waals surface area contributed by atoms with Gasteiger partial charge in [-0.1, -0.05) is 31.8 Å². The van der Waals surface area contributed by atoms with Crippen LogP contribution in [0.1, 0.15) is 56.5 Å². The highest BCUT2D eigenvalue weighted by atomic mass is 16.5. The summed E-state index contributed by atoms with van der Waals surface area (Å²) in [5, 5.41) is 19.8. The van der Waals surface area contributed by atoms with Gasteiger partial charge in [0, 0.05) is 25.1 Å². The van der Waals surface area contributed by atoms with E-state index in [4.69, 9.17) is 4.52 Å². The minimum absolute atomic E-state index is 0.263. The van der Waals surface area contributed by atoms with Crippen LogP contribution in [0.15, 0.2) is 4.52 Å². The van der Waals surface area contributed by atoms with Gasteiger partial charge in [0.1, 0.15) is 5.76 Å². The zero-order valence-corrected chi connectivity index (χ0v) is 12.9. The lowest BCUT2D eigenvalue weighted by atomic mass is 10.0. The first-order valence-electron chi connectivity index (χ1n) is 7.78. The summed E-state index contributed by atoms with van der Waals surface area (Å²) < 4.78 is 5.26. The van der Waals surface area contributed by atoms with Crippen molar-refractivity contribution in [2.45, 2.75) is 64.5 Å². The van der Waals surface area contributed by atoms with Crippen LogP contribution in [0.25, 0.3) is 0 Å². The summed E-state index contributed by atoms with van der Waals surface area (Å²) in [4.78, 5) is 11.9. The van der Waals surface area contributed by atoms with Crippen LogP contribution >= 0.6 is 0 Å². The van der Waals surface area contributed by atoms with Crippen molar-refractivity contribution in [3.8, 4) is 0 Å². The number of rotatable bonds is 6. The van der Waals surface area contributed by atoms with Gasteiger partial charge in [-0.25, -0.2) is 4.79 Å². The normalized spacial score (nSPS) is 16.9. The Balaban J connectivity index is 1.82. The van der Waals surface area contributed by atoms with Crippen LogP contribution in [-0.4, -0.2) is 28.4 Å². The molecule has 0 radical (unpaired) electrons. The number of hydrogen-bond acceptors (Lipinski definition) is 4. The summed E-state index contributed by atoms with van der Waals surface area (Å²) in [5.41, 5.74) is 1.13. The van der Waals surface area contributed by atoms with Crippen LogP contribution in [0.4, 0.5) is 4.79 Å². The van der Waals surface area contributed by atoms with Gasteiger partial charge >= 0.3 is 6.03 Å². The maximum absolute atomic E-state index is 11.9. The summed E-state index contributed by atoms with van der Waals surface area (Å²) in [7, 11) is 0. The van der Waals surface area contributed by atoms with E-state index in [1.165, 1.54) is 0 Å². The Bertz CT molecular complexity index is 457. The molecule has 1 aromatic heterocycles. The first-order valence-corrected chi connectivity index (χ1v) is 7.78. The molecule has 2 amide bonds. The highest BCUT2D eigenvalue weighted by Crippen LogP contribution is 2.28. The SMILES string of the molecule is CCc1noc(CC)c1CNC(=O)NCC1(O)CCCC1. The molecule has 2 rings (SSSR count). The number of hydrogen-bond donors (Lipinski definition) is 3. The summed E-state index contributed by atoms with van der Waals surface area (Å²) in [6.07, 6.45) is 5.12. The Morgan fingerprint density at radius 3 is 2.62 bits per heavy atom. The van der Waals surface area contributed by atoms with Crippen molar-refractivity contribution < 1.29 is 14.4 Å². The number of carbonyl (C=O) groups excluding carboxylic acids is 1. The third-order valence-corrected chi connectivity index (χ3v) is 4.14. The lowest BCUT2D eigenvalue weighted by molar-refractivity contribution is 0.0501. The standard InChI is InChI=1S/C15H25N3O3/c1-3-12-11(13(4-2)21-18-12)9-16-14(19)17-10-15(20)7-5-6-8-15/h20H,3-10H2,1-2H3,(H2,16,17,19). The number of aliphatic hydroxyl groups is 1. The predicted octanol–water partition coefficient (Wildman–Crippen LogP) is 1.90. The van der Waals surface area contributed by atoms with Crippen molar-refractivity contribution >= 4 is 6.03 Å². The van der Waals surface area contributed by atoms with Gasteiger partial charge in [-0.15, -0.1) is 0 Å². The fourth-order valence-electron chi connectivity index (χ4n) is 2.82. The Labute approximate surface area is 125 Å². The van der Waals surface area contributed by atoms with E-state index in [9.17, 15) is 9.90 Å². The van der Waals surface area contributed by atoms with E-state index in [2.05, 4.69) is 15.8 Å². The topological polar surface area (TPSA) is 87.4 Å². The second-order valence-electron chi connectivity index (χ2n) is 5.71. The molecule has 1 aliphatic carbocycles. The molecule has 0 bridgehead atoms. The smallest absolute Gasteiger partial charge is 0.315 e. The van der Waals surface area contributed by atoms with Crippen molar-refractivity contribution in [2.75, 3.05) is 6.54 Å². The Kier molecular flexibility index (Phi) is 5.22. The molecule has 0 saturated heterocycles. The van der Waals surface area contributed by atoms with E-state index >= 15 is 0 Å². The van der Waals surface area contributed by atoms with E-state index in [0.717, 1.165) is 55.5 Å². The van der Waals surface area contributed by atoms with Crippen molar-refractivity contribution in [3.63, 3.8) is 0 Å². The van der Waals surface area contributed by atoms with E-state index in [1.54, 1.807) is 0 Å². The minimum atomic E-state index is -0.725. The zero-order valence-electron chi connectivity index (χ0n) is 12.9. The lowest BCUT2D eigenvalue weighted by Gasteiger charge is -2.22. The van der Waals surface area contributed by atoms with Gasteiger partial charge in [-0.2, -0.15) is 0 Å². The van der Waals surface area contributed by atoms with Gasteiger partial charge < -0.3 is 20.3 Å². The van der Waals surface area contributed by atoms with Gasteiger partial charge in [0.2, 0.25) is 0 Å². The van der Waals surface area contributed by atoms with Crippen LogP contribution < -0.4 is 10.6 Å². The summed E-state index contributed by atoms with van der Waals surface area (Å²) in [6.45, 7) is 4.72. The molecule has 0 unspecified atom stereocenters. The molecular formula is C15H25N3O3. The monoisotopic (exact) mass is 295 g/mol. The highest BCUT2D eigenvalue weighted by molar-refractivity contribution is 5.74. The second kappa shape index (κ2) is 6.93. The average molecular weight is 295 g/mol. The zero-order chi connectivity index (χ0) is 15.3. The molecule has 3 N–H and O–H groups in total. The molecule has 118 valence electrons. The summed E-state index contributed by atoms with van der Waals surface area (Å²) >= 11 is 0. The van der Waals surface area contributed by atoms with Crippen molar-refractivity contribution in [1.29, 1.82) is 0 Å². The average Bonchev–Trinajstić information content (AvgIpc) is 3.09. The molecule has 1 aliphatic rings. The fourth-order valence-corrected chi connectivity index (χ4v) is 2.82. The van der Waals surface area contributed by atoms with Gasteiger partial charge in [0.05, 0.1) is 11.3 Å². The second-order valence-corrected chi connectivity index (χ2v) is 5.71. The quantitative estimate of drug-likeness (QED) is 0.748. The van der Waals surface area contributed by atoms with Crippen molar-refractivity contribution in [2.24, 2.45) is 0 Å². The minimum Gasteiger partial charge on any atom is -0.388 e. The molecule has 0 spiro atoms. The Morgan fingerprint density at radius 2 is 2.00 bits per heavy atom. The van der Waals surface area contributed by atoms with E-state index in [-0.39, 0.29) is 6.03 Å². The number of aromatic nitrogens is 1. The van der Waals surface area contributed by atoms with Crippen LogP contribution in [0.5, 0.6) is 0 Å². The molecule has 21 heavy (non-hydrogen) atoms. The lowest BCUT2D eigenvalue weighted by Crippen LogP contribution is -2.44. The third-order valence-electron chi connectivity index (χ3n) is 4.14. The number of urea groups is 1. The predicted molar refractivity (Wildman–Crippen MR) is 78.9 cm³/mol. The molecule has 0 aliphatic heterocycles. The van der Waals surface area contributed by atoms with E-state index in [1.807, 2.05) is 13.8 Å². The molecular weight excluding hydrogens is 270 g/mol. The molecule has 6 heteroatoms. The first kappa shape index (κ1) is 15.8. The number of nitrogens with one attached hydrogen (secondary N) is 2. The Morgan fingerprint density at radius 1 is 1.29 bits per heavy atom. The summed E-state index contributed by atoms with van der Waals surface area (Å²) in [5.74, 6) is 0.821. The fraction of sp³-hybridized carbons (Fsp3) is 0.733. The van der Waals surface area contributed by atoms with Crippen LogP contribution in [-0.2, 0) is 19.4 Å². The molecule has 1 fully saturated rings. The molecule has 6 nitrogen and oxygen atoms in total. The molecule has 1 heterocycles. The molecule has 0 aromatic carbocycles. The highest BCUT2D eigenvalue weighted by Gasteiger charge is 2.31. The number of nitrogens with zero attached hydrogens (tertiary/aromatic N) is 1. The van der Waals surface area contributed by atoms with Crippen molar-refractivity contribution in [3.05, 3.63) is 17.0 Å². The van der Waals surface area contributed by atoms with Gasteiger partial charge in [-0.3, -0.25) is 0 Å². The molecule has 1 saturated carbocycles. The first-order chi connectivity index (χ1) is 10.1. The molecule has 1 aromatic rings. The van der Waals surface area contributed by atoms with Gasteiger partial charge in [-0.05, 0) is 19.3 Å².